The molecule has 2 aromatic heterocycles. The van der Waals surface area contributed by atoms with E-state index in [2.05, 4.69) is 79.6 Å². The van der Waals surface area contributed by atoms with Crippen molar-refractivity contribution in [1.82, 2.24) is 58.9 Å². The van der Waals surface area contributed by atoms with Crippen molar-refractivity contribution in [3.05, 3.63) is 113 Å². The number of hydrogen-bond acceptors (Lipinski definition) is 10. The van der Waals surface area contributed by atoms with Crippen LogP contribution in [0.4, 0.5) is 0 Å². The number of aryl methyl sites for hydroxylation is 2. The number of fused-ring (bicyclic) bond motifs is 1. The summed E-state index contributed by atoms with van der Waals surface area (Å²) in [5.41, 5.74) is 1.80. The lowest BCUT2D eigenvalue weighted by atomic mass is 10.1. The summed E-state index contributed by atoms with van der Waals surface area (Å²) in [6.45, 7) is 32.2. The highest BCUT2D eigenvalue weighted by molar-refractivity contribution is 6.02. The molecule has 0 saturated carbocycles. The summed E-state index contributed by atoms with van der Waals surface area (Å²) in [6.07, 6.45) is 25.4. The molecule has 7 rings (SSSR count). The van der Waals surface area contributed by atoms with Crippen molar-refractivity contribution in [3.63, 3.8) is 0 Å². The van der Waals surface area contributed by atoms with Crippen LogP contribution in [0.25, 0.3) is 30.1 Å². The molecule has 1 N–H and O–H groups in total. The molecule has 3 saturated heterocycles. The van der Waals surface area contributed by atoms with Gasteiger partial charge < -0.3 is 24.3 Å². The van der Waals surface area contributed by atoms with Crippen LogP contribution in [0.15, 0.2) is 102 Å². The number of nitrogens with one attached hydrogen (secondary N) is 1. The second-order valence-corrected chi connectivity index (χ2v) is 11.4. The number of hydrogen-bond donors (Lipinski definition) is 1. The molecular weight excluding hydrogens is 656 g/mol. The third-order valence-corrected chi connectivity index (χ3v) is 7.72. The second kappa shape index (κ2) is 24.3. The molecule has 5 aliphatic rings. The maximum atomic E-state index is 10.6. The number of likely N-dealkylation sites (tertiary alicyclic amines) is 2. The van der Waals surface area contributed by atoms with Crippen molar-refractivity contribution in [1.29, 1.82) is 0 Å². The van der Waals surface area contributed by atoms with E-state index in [1.165, 1.54) is 44.9 Å². The molecule has 14 nitrogen and oxygen atoms in total. The lowest BCUT2D eigenvalue weighted by Gasteiger charge is -2.24. The Morgan fingerprint density at radius 1 is 0.712 bits per heavy atom. The number of imidazole rings is 2. The van der Waals surface area contributed by atoms with Crippen LogP contribution in [0.5, 0.6) is 0 Å². The third-order valence-electron chi connectivity index (χ3n) is 7.72. The molecule has 0 spiro atoms. The maximum Gasteiger partial charge on any atom is 0.233 e. The Kier molecular flexibility index (Phi) is 19.7. The minimum Gasteiger partial charge on any atom is -0.378 e. The van der Waals surface area contributed by atoms with Gasteiger partial charge in [-0.25, -0.2) is 24.6 Å². The lowest BCUT2D eigenvalue weighted by molar-refractivity contribution is -0.135. The molecular formula is C38H54N12O2. The van der Waals surface area contributed by atoms with Gasteiger partial charge in [-0.3, -0.25) is 14.5 Å². The first-order valence-corrected chi connectivity index (χ1v) is 17.1. The van der Waals surface area contributed by atoms with Crippen LogP contribution in [-0.4, -0.2) is 105 Å². The van der Waals surface area contributed by atoms with Gasteiger partial charge in [0, 0.05) is 102 Å². The number of nitrogens with zero attached hydrogens (tertiary/aromatic N) is 11. The van der Waals surface area contributed by atoms with Crippen LogP contribution in [0, 0.1) is 13.8 Å². The van der Waals surface area contributed by atoms with Crippen molar-refractivity contribution in [2.24, 2.45) is 0 Å². The number of amides is 2. The van der Waals surface area contributed by atoms with Crippen LogP contribution in [0.3, 0.4) is 0 Å². The van der Waals surface area contributed by atoms with Crippen molar-refractivity contribution in [3.8, 4) is 11.5 Å². The minimum absolute atomic E-state index is 0.144. The van der Waals surface area contributed by atoms with Gasteiger partial charge in [-0.1, -0.05) is 39.5 Å². The molecule has 0 unspecified atom stereocenters. The molecule has 0 aromatic carbocycles. The van der Waals surface area contributed by atoms with Crippen molar-refractivity contribution >= 4 is 30.4 Å². The smallest absolute Gasteiger partial charge is 0.233 e. The molecule has 5 aliphatic heterocycles. The topological polar surface area (TPSA) is 135 Å². The average Bonchev–Trinajstić information content (AvgIpc) is 4.01. The number of carbonyl (C=O) groups excluding carboxylic acids is 2. The molecule has 3 fully saturated rings. The van der Waals surface area contributed by atoms with E-state index in [4.69, 9.17) is 0 Å². The second-order valence-electron chi connectivity index (χ2n) is 11.4. The number of piperidine rings is 1. The molecule has 278 valence electrons. The van der Waals surface area contributed by atoms with Crippen LogP contribution >= 0.6 is 0 Å². The number of carbonyl (C=O) groups is 2. The van der Waals surface area contributed by atoms with Crippen molar-refractivity contribution in [2.45, 2.75) is 46.0 Å². The molecule has 7 heterocycles. The summed E-state index contributed by atoms with van der Waals surface area (Å²) in [7, 11) is 0. The van der Waals surface area contributed by atoms with Gasteiger partial charge in [-0.05, 0) is 51.6 Å². The highest BCUT2D eigenvalue weighted by atomic mass is 16.2. The Labute approximate surface area is 308 Å². The molecule has 0 radical (unpaired) electrons. The van der Waals surface area contributed by atoms with Crippen LogP contribution < -0.4 is 5.32 Å². The largest absolute Gasteiger partial charge is 0.378 e. The molecule has 14 heteroatoms. The first kappa shape index (κ1) is 42.3. The van der Waals surface area contributed by atoms with Gasteiger partial charge in [0.1, 0.15) is 24.2 Å². The summed E-state index contributed by atoms with van der Waals surface area (Å²) in [4.78, 5) is 42.8. The van der Waals surface area contributed by atoms with Gasteiger partial charge in [-0.2, -0.15) is 5.10 Å². The predicted octanol–water partition coefficient (Wildman–Crippen LogP) is 5.39. The number of imide groups is 1. The van der Waals surface area contributed by atoms with E-state index >= 15 is 0 Å². The highest BCUT2D eigenvalue weighted by Gasteiger charge is 2.25. The van der Waals surface area contributed by atoms with Crippen LogP contribution in [0.2, 0.25) is 0 Å². The zero-order chi connectivity index (χ0) is 38.1. The Morgan fingerprint density at radius 3 is 1.77 bits per heavy atom. The van der Waals surface area contributed by atoms with Crippen LogP contribution in [-0.2, 0) is 9.59 Å². The zero-order valence-corrected chi connectivity index (χ0v) is 30.8. The van der Waals surface area contributed by atoms with E-state index < -0.39 is 0 Å². The number of aromatic nitrogens is 8. The SMILES string of the molecule is C=CN1C(=O)CCC1=O.C=CN1CCCCC1.C=CN1CCNCC1.C=Cn1ccc(C)n1.C=Cn1ccnc1C.C=Cn1cnc2ncnc-2c1. The van der Waals surface area contributed by atoms with Gasteiger partial charge in [0.05, 0.1) is 5.69 Å². The van der Waals surface area contributed by atoms with E-state index in [9.17, 15) is 9.59 Å². The molecule has 2 aromatic rings. The summed E-state index contributed by atoms with van der Waals surface area (Å²) in [5, 5.41) is 7.29. The van der Waals surface area contributed by atoms with E-state index in [-0.39, 0.29) is 11.8 Å². The van der Waals surface area contributed by atoms with Crippen LogP contribution in [0.1, 0.15) is 43.6 Å². The Hall–Kier alpha value is -5.89. The summed E-state index contributed by atoms with van der Waals surface area (Å²) in [6, 6.07) is 1.93. The van der Waals surface area contributed by atoms with E-state index in [0.29, 0.717) is 18.7 Å². The summed E-state index contributed by atoms with van der Waals surface area (Å²) < 4.78 is 5.27. The standard InChI is InChI=1S/C7H6N4.C7H13N.2C6H8N2.C6H12N2.C6H7NO2/c1-2-11-3-6-7(10-5-11)9-4-8-6;1-2-8-6-4-3-5-7-8;1-3-8-5-4-7-6(8)2;1-3-8-5-4-6(2)7-8;1-2-8-5-3-7-4-6-8;1-2-7-5(8)3-4-6(7)9/h2-5H,1H2;2H,1,3-7H2;2*3-5H,1H2,2H3;2,7H,1,3-6H2;2H,1,3-4H2. The zero-order valence-electron chi connectivity index (χ0n) is 30.8. The van der Waals surface area contributed by atoms with E-state index in [1.54, 1.807) is 40.4 Å². The van der Waals surface area contributed by atoms with Gasteiger partial charge in [0.2, 0.25) is 11.8 Å². The normalized spacial score (nSPS) is 14.6. The fraction of sp³-hybridized carbons (Fsp3) is 0.342. The van der Waals surface area contributed by atoms with Crippen molar-refractivity contribution < 1.29 is 9.59 Å². The lowest BCUT2D eigenvalue weighted by Crippen LogP contribution is -2.40. The molecule has 0 bridgehead atoms. The van der Waals surface area contributed by atoms with E-state index in [0.717, 1.165) is 48.3 Å². The third kappa shape index (κ3) is 15.3. The maximum absolute atomic E-state index is 10.6. The quantitative estimate of drug-likeness (QED) is 0.260. The minimum atomic E-state index is -0.144. The fourth-order valence-electron chi connectivity index (χ4n) is 4.73. The van der Waals surface area contributed by atoms with Crippen molar-refractivity contribution in [2.75, 3.05) is 39.3 Å². The number of rotatable bonds is 6. The highest BCUT2D eigenvalue weighted by Crippen LogP contribution is 2.12. The van der Waals surface area contributed by atoms with Gasteiger partial charge in [0.15, 0.2) is 5.82 Å². The number of piperazine rings is 1. The summed E-state index contributed by atoms with van der Waals surface area (Å²) in [5.74, 6) is 1.35. The molecule has 0 atom stereocenters. The monoisotopic (exact) mass is 710 g/mol. The molecule has 52 heavy (non-hydrogen) atoms. The molecule has 0 aliphatic carbocycles. The Bertz CT molecular complexity index is 1620. The Balaban J connectivity index is 0.000000217. The Morgan fingerprint density at radius 2 is 1.37 bits per heavy atom. The van der Waals surface area contributed by atoms with Gasteiger partial charge >= 0.3 is 0 Å². The predicted molar refractivity (Wildman–Crippen MR) is 209 cm³/mol. The fourth-order valence-corrected chi connectivity index (χ4v) is 4.73. The van der Waals surface area contributed by atoms with E-state index in [1.807, 2.05) is 55.5 Å². The van der Waals surface area contributed by atoms with Gasteiger partial charge in [-0.15, -0.1) is 0 Å². The summed E-state index contributed by atoms with van der Waals surface area (Å²) >= 11 is 0. The first-order valence-electron chi connectivity index (χ1n) is 17.1. The average molecular weight is 711 g/mol. The first-order chi connectivity index (χ1) is 25.2. The molecule has 2 amide bonds. The van der Waals surface area contributed by atoms with Gasteiger partial charge in [0.25, 0.3) is 0 Å².